The van der Waals surface area contributed by atoms with Crippen molar-refractivity contribution in [3.63, 3.8) is 0 Å². The molecule has 19 heavy (non-hydrogen) atoms. The summed E-state index contributed by atoms with van der Waals surface area (Å²) in [5.41, 5.74) is -0.639. The molecule has 0 aromatic carbocycles. The van der Waals surface area contributed by atoms with Crippen molar-refractivity contribution >= 4 is 5.97 Å². The van der Waals surface area contributed by atoms with Crippen molar-refractivity contribution in [1.82, 2.24) is 4.90 Å². The summed E-state index contributed by atoms with van der Waals surface area (Å²) >= 11 is 0. The SMILES string of the molecule is O=C(O)C1(CCN2CCOCC2)CCOC1C1CC1. The van der Waals surface area contributed by atoms with E-state index in [0.717, 1.165) is 45.7 Å². The molecule has 2 aliphatic heterocycles. The Bertz CT molecular complexity index is 338. The quantitative estimate of drug-likeness (QED) is 0.806. The number of nitrogens with zero attached hydrogens (tertiary/aromatic N) is 1. The van der Waals surface area contributed by atoms with Gasteiger partial charge in [0.05, 0.1) is 24.7 Å². The zero-order chi connectivity index (χ0) is 13.3. The Kier molecular flexibility index (Phi) is 3.78. The van der Waals surface area contributed by atoms with Crippen LogP contribution in [-0.4, -0.2) is 61.5 Å². The first-order valence-electron chi connectivity index (χ1n) is 7.37. The van der Waals surface area contributed by atoms with E-state index in [4.69, 9.17) is 9.47 Å². The molecular formula is C14H23NO4. The molecule has 3 aliphatic rings. The Morgan fingerprint density at radius 3 is 2.63 bits per heavy atom. The maximum Gasteiger partial charge on any atom is 0.312 e. The summed E-state index contributed by atoms with van der Waals surface area (Å²) in [7, 11) is 0. The second-order valence-electron chi connectivity index (χ2n) is 6.04. The summed E-state index contributed by atoms with van der Waals surface area (Å²) in [5.74, 6) is -0.168. The lowest BCUT2D eigenvalue weighted by Crippen LogP contribution is -2.45. The Hall–Kier alpha value is -0.650. The summed E-state index contributed by atoms with van der Waals surface area (Å²) < 4.78 is 11.1. The zero-order valence-corrected chi connectivity index (χ0v) is 11.3. The van der Waals surface area contributed by atoms with Gasteiger partial charge in [-0.1, -0.05) is 0 Å². The van der Waals surface area contributed by atoms with Crippen molar-refractivity contribution < 1.29 is 19.4 Å². The van der Waals surface area contributed by atoms with E-state index >= 15 is 0 Å². The minimum Gasteiger partial charge on any atom is -0.481 e. The fourth-order valence-corrected chi connectivity index (χ4v) is 3.44. The Morgan fingerprint density at radius 1 is 1.26 bits per heavy atom. The minimum atomic E-state index is -0.657. The first kappa shape index (κ1) is 13.3. The predicted octanol–water partition coefficient (Wildman–Crippen LogP) is 0.979. The molecule has 1 N–H and O–H groups in total. The summed E-state index contributed by atoms with van der Waals surface area (Å²) in [4.78, 5) is 14.1. The van der Waals surface area contributed by atoms with E-state index in [-0.39, 0.29) is 6.10 Å². The average molecular weight is 269 g/mol. The smallest absolute Gasteiger partial charge is 0.312 e. The second kappa shape index (κ2) is 5.38. The normalized spacial score (nSPS) is 36.5. The molecule has 0 radical (unpaired) electrons. The maximum atomic E-state index is 11.8. The van der Waals surface area contributed by atoms with Crippen molar-refractivity contribution in [3.8, 4) is 0 Å². The van der Waals surface area contributed by atoms with Crippen LogP contribution in [0.5, 0.6) is 0 Å². The lowest BCUT2D eigenvalue weighted by Gasteiger charge is -2.34. The van der Waals surface area contributed by atoms with E-state index < -0.39 is 11.4 Å². The minimum absolute atomic E-state index is 0.0500. The van der Waals surface area contributed by atoms with Crippen molar-refractivity contribution in [2.24, 2.45) is 11.3 Å². The van der Waals surface area contributed by atoms with E-state index in [1.807, 2.05) is 0 Å². The maximum absolute atomic E-state index is 11.8. The van der Waals surface area contributed by atoms with Gasteiger partial charge in [-0.3, -0.25) is 9.69 Å². The fourth-order valence-electron chi connectivity index (χ4n) is 3.44. The van der Waals surface area contributed by atoms with Crippen LogP contribution in [0.25, 0.3) is 0 Å². The number of morpholine rings is 1. The summed E-state index contributed by atoms with van der Waals surface area (Å²) in [5, 5.41) is 9.72. The van der Waals surface area contributed by atoms with Gasteiger partial charge in [-0.25, -0.2) is 0 Å². The van der Waals surface area contributed by atoms with Gasteiger partial charge in [-0.15, -0.1) is 0 Å². The van der Waals surface area contributed by atoms with Gasteiger partial charge in [0.1, 0.15) is 0 Å². The molecule has 5 heteroatoms. The third kappa shape index (κ3) is 2.64. The van der Waals surface area contributed by atoms with Crippen LogP contribution < -0.4 is 0 Å². The molecule has 2 atom stereocenters. The van der Waals surface area contributed by atoms with Crippen LogP contribution in [0.4, 0.5) is 0 Å². The number of carboxylic acid groups (broad SMARTS) is 1. The van der Waals surface area contributed by atoms with Crippen LogP contribution in [0.15, 0.2) is 0 Å². The average Bonchev–Trinajstić information content (AvgIpc) is 3.17. The van der Waals surface area contributed by atoms with E-state index in [0.29, 0.717) is 25.4 Å². The van der Waals surface area contributed by atoms with Crippen LogP contribution in [0, 0.1) is 11.3 Å². The number of hydrogen-bond donors (Lipinski definition) is 1. The van der Waals surface area contributed by atoms with Gasteiger partial charge < -0.3 is 14.6 Å². The standard InChI is InChI=1S/C14H23NO4/c16-13(17)14(3-5-15-6-9-18-10-7-15)4-8-19-12(14)11-1-2-11/h11-12H,1-10H2,(H,16,17). The molecule has 0 spiro atoms. The molecule has 1 aliphatic carbocycles. The first-order valence-corrected chi connectivity index (χ1v) is 7.37. The van der Waals surface area contributed by atoms with E-state index in [2.05, 4.69) is 4.90 Å². The third-order valence-electron chi connectivity index (χ3n) is 4.84. The number of ether oxygens (including phenoxy) is 2. The highest BCUT2D eigenvalue weighted by Crippen LogP contribution is 2.49. The van der Waals surface area contributed by atoms with Gasteiger partial charge in [-0.2, -0.15) is 0 Å². The van der Waals surface area contributed by atoms with Crippen LogP contribution in [0.3, 0.4) is 0 Å². The summed E-state index contributed by atoms with van der Waals surface area (Å²) in [6.07, 6.45) is 3.61. The first-order chi connectivity index (χ1) is 9.22. The number of carbonyl (C=O) groups is 1. The van der Waals surface area contributed by atoms with Crippen molar-refractivity contribution in [1.29, 1.82) is 0 Å². The number of hydrogen-bond acceptors (Lipinski definition) is 4. The lowest BCUT2D eigenvalue weighted by atomic mass is 9.76. The molecule has 2 heterocycles. The Labute approximate surface area is 113 Å². The predicted molar refractivity (Wildman–Crippen MR) is 69.0 cm³/mol. The highest BCUT2D eigenvalue weighted by Gasteiger charge is 2.55. The Balaban J connectivity index is 1.64. The molecule has 5 nitrogen and oxygen atoms in total. The monoisotopic (exact) mass is 269 g/mol. The molecule has 3 rings (SSSR count). The molecular weight excluding hydrogens is 246 g/mol. The lowest BCUT2D eigenvalue weighted by molar-refractivity contribution is -0.154. The Morgan fingerprint density at radius 2 is 2.00 bits per heavy atom. The van der Waals surface area contributed by atoms with E-state index in [1.54, 1.807) is 0 Å². The van der Waals surface area contributed by atoms with Crippen molar-refractivity contribution in [3.05, 3.63) is 0 Å². The molecule has 3 fully saturated rings. The van der Waals surface area contributed by atoms with Crippen LogP contribution >= 0.6 is 0 Å². The van der Waals surface area contributed by atoms with E-state index in [1.165, 1.54) is 0 Å². The van der Waals surface area contributed by atoms with Crippen LogP contribution in [0.2, 0.25) is 0 Å². The molecule has 0 aromatic heterocycles. The van der Waals surface area contributed by atoms with Crippen LogP contribution in [-0.2, 0) is 14.3 Å². The summed E-state index contributed by atoms with van der Waals surface area (Å²) in [6, 6.07) is 0. The van der Waals surface area contributed by atoms with Gasteiger partial charge in [0.25, 0.3) is 0 Å². The van der Waals surface area contributed by atoms with Gasteiger partial charge in [-0.05, 0) is 38.1 Å². The molecule has 0 bridgehead atoms. The second-order valence-corrected chi connectivity index (χ2v) is 6.04. The molecule has 0 amide bonds. The fraction of sp³-hybridized carbons (Fsp3) is 0.929. The summed E-state index contributed by atoms with van der Waals surface area (Å²) in [6.45, 7) is 4.83. The number of carboxylic acids is 1. The van der Waals surface area contributed by atoms with E-state index in [9.17, 15) is 9.90 Å². The van der Waals surface area contributed by atoms with Gasteiger partial charge in [0.2, 0.25) is 0 Å². The van der Waals surface area contributed by atoms with Gasteiger partial charge in [0, 0.05) is 19.7 Å². The highest BCUT2D eigenvalue weighted by atomic mass is 16.5. The molecule has 1 saturated carbocycles. The molecule has 0 aromatic rings. The van der Waals surface area contributed by atoms with Crippen molar-refractivity contribution in [2.45, 2.75) is 31.8 Å². The largest absolute Gasteiger partial charge is 0.481 e. The zero-order valence-electron chi connectivity index (χ0n) is 11.3. The van der Waals surface area contributed by atoms with Gasteiger partial charge in [0.15, 0.2) is 0 Å². The molecule has 2 unspecified atom stereocenters. The van der Waals surface area contributed by atoms with Crippen LogP contribution in [0.1, 0.15) is 25.7 Å². The van der Waals surface area contributed by atoms with Gasteiger partial charge >= 0.3 is 5.97 Å². The highest BCUT2D eigenvalue weighted by molar-refractivity contribution is 5.76. The third-order valence-corrected chi connectivity index (χ3v) is 4.84. The molecule has 108 valence electrons. The topological polar surface area (TPSA) is 59.0 Å². The molecule has 2 saturated heterocycles. The van der Waals surface area contributed by atoms with Crippen molar-refractivity contribution in [2.75, 3.05) is 39.5 Å². The number of aliphatic carboxylic acids is 1. The number of rotatable bonds is 5.